The molecule has 1 atom stereocenters. The molecule has 0 amide bonds. The molecule has 0 spiro atoms. The first-order valence-corrected chi connectivity index (χ1v) is 5.43. The number of nitrogens with zero attached hydrogens (tertiary/aromatic N) is 2. The number of pyridine rings is 1. The van der Waals surface area contributed by atoms with E-state index >= 15 is 0 Å². The third kappa shape index (κ3) is 1.34. The molecule has 0 saturated carbocycles. The zero-order valence-corrected chi connectivity index (χ0v) is 8.80. The highest BCUT2D eigenvalue weighted by molar-refractivity contribution is 5.74. The number of aromatic nitrogens is 2. The summed E-state index contributed by atoms with van der Waals surface area (Å²) in [7, 11) is 0. The van der Waals surface area contributed by atoms with Gasteiger partial charge in [-0.05, 0) is 25.0 Å². The van der Waals surface area contributed by atoms with Crippen LogP contribution in [0.2, 0.25) is 0 Å². The molecule has 4 nitrogen and oxygen atoms in total. The lowest BCUT2D eigenvalue weighted by Crippen LogP contribution is -2.05. The minimum Gasteiger partial charge on any atom is -0.370 e. The molecule has 82 valence electrons. The lowest BCUT2D eigenvalue weighted by molar-refractivity contribution is 0.103. The van der Waals surface area contributed by atoms with E-state index in [1.807, 2.05) is 16.5 Å². The fourth-order valence-electron chi connectivity index (χ4n) is 2.20. The van der Waals surface area contributed by atoms with E-state index in [4.69, 9.17) is 4.74 Å². The summed E-state index contributed by atoms with van der Waals surface area (Å²) in [5, 5.41) is 0. The van der Waals surface area contributed by atoms with E-state index in [2.05, 4.69) is 4.98 Å². The van der Waals surface area contributed by atoms with E-state index in [1.165, 1.54) is 0 Å². The minimum absolute atomic E-state index is 0.0311. The van der Waals surface area contributed by atoms with Crippen LogP contribution in [0.4, 0.5) is 0 Å². The van der Waals surface area contributed by atoms with Gasteiger partial charge in [-0.25, -0.2) is 4.98 Å². The van der Waals surface area contributed by atoms with Crippen LogP contribution in [0, 0.1) is 0 Å². The van der Waals surface area contributed by atoms with Crippen molar-refractivity contribution >= 4 is 11.8 Å². The monoisotopic (exact) mass is 216 g/mol. The van der Waals surface area contributed by atoms with Crippen molar-refractivity contribution in [3.8, 4) is 0 Å². The molecule has 2 aromatic heterocycles. The quantitative estimate of drug-likeness (QED) is 0.721. The molecule has 1 saturated heterocycles. The first-order chi connectivity index (χ1) is 7.90. The van der Waals surface area contributed by atoms with E-state index in [0.717, 1.165) is 37.1 Å². The maximum absolute atomic E-state index is 11.0. The van der Waals surface area contributed by atoms with Gasteiger partial charge in [0.25, 0.3) is 0 Å². The molecule has 16 heavy (non-hydrogen) atoms. The van der Waals surface area contributed by atoms with Crippen molar-refractivity contribution in [2.24, 2.45) is 0 Å². The molecular weight excluding hydrogens is 204 g/mol. The third-order valence-corrected chi connectivity index (χ3v) is 2.95. The summed E-state index contributed by atoms with van der Waals surface area (Å²) in [6, 6.07) is 5.60. The second-order valence-corrected chi connectivity index (χ2v) is 3.95. The Kier molecular flexibility index (Phi) is 2.22. The first-order valence-electron chi connectivity index (χ1n) is 5.43. The van der Waals surface area contributed by atoms with Crippen molar-refractivity contribution in [1.29, 1.82) is 0 Å². The van der Waals surface area contributed by atoms with Gasteiger partial charge in [-0.1, -0.05) is 6.07 Å². The molecular formula is C12H12N2O2. The molecule has 4 heteroatoms. The molecule has 0 N–H and O–H groups in total. The molecule has 3 rings (SSSR count). The van der Waals surface area contributed by atoms with Gasteiger partial charge in [-0.2, -0.15) is 0 Å². The lowest BCUT2D eigenvalue weighted by atomic mass is 10.2. The van der Waals surface area contributed by atoms with Gasteiger partial charge in [-0.3, -0.25) is 9.20 Å². The number of imidazole rings is 1. The largest absolute Gasteiger partial charge is 0.370 e. The SMILES string of the molecule is O=Cc1cccc2cnc(C3CCCO3)n12. The predicted octanol–water partition coefficient (Wildman–Crippen LogP) is 2.00. The number of fused-ring (bicyclic) bond motifs is 1. The van der Waals surface area contributed by atoms with Crippen LogP contribution < -0.4 is 0 Å². The summed E-state index contributed by atoms with van der Waals surface area (Å²) in [4.78, 5) is 15.4. The van der Waals surface area contributed by atoms with Crippen LogP contribution >= 0.6 is 0 Å². The number of hydrogen-bond acceptors (Lipinski definition) is 3. The summed E-state index contributed by atoms with van der Waals surface area (Å²) in [5.74, 6) is 0.843. The number of rotatable bonds is 2. The third-order valence-electron chi connectivity index (χ3n) is 2.95. The lowest BCUT2D eigenvalue weighted by Gasteiger charge is -2.09. The predicted molar refractivity (Wildman–Crippen MR) is 58.5 cm³/mol. The minimum atomic E-state index is 0.0311. The van der Waals surface area contributed by atoms with Crippen molar-refractivity contribution in [2.45, 2.75) is 18.9 Å². The molecule has 3 heterocycles. The van der Waals surface area contributed by atoms with E-state index in [9.17, 15) is 4.79 Å². The number of hydrogen-bond donors (Lipinski definition) is 0. The van der Waals surface area contributed by atoms with Gasteiger partial charge in [0.2, 0.25) is 0 Å². The number of aldehydes is 1. The van der Waals surface area contributed by atoms with Crippen molar-refractivity contribution in [3.63, 3.8) is 0 Å². The first kappa shape index (κ1) is 9.54. The molecule has 1 unspecified atom stereocenters. The van der Waals surface area contributed by atoms with E-state index in [1.54, 1.807) is 12.3 Å². The van der Waals surface area contributed by atoms with Crippen molar-refractivity contribution in [1.82, 2.24) is 9.38 Å². The van der Waals surface area contributed by atoms with Gasteiger partial charge < -0.3 is 4.74 Å². The summed E-state index contributed by atoms with van der Waals surface area (Å²) in [6.45, 7) is 0.781. The van der Waals surface area contributed by atoms with Crippen LogP contribution in [0.3, 0.4) is 0 Å². The van der Waals surface area contributed by atoms with Crippen LogP contribution in [0.1, 0.15) is 35.3 Å². The number of carbonyl (C=O) groups is 1. The Morgan fingerprint density at radius 2 is 2.44 bits per heavy atom. The average molecular weight is 216 g/mol. The summed E-state index contributed by atoms with van der Waals surface area (Å²) in [5.41, 5.74) is 1.57. The van der Waals surface area contributed by atoms with Crippen LogP contribution in [0.15, 0.2) is 24.4 Å². The number of ether oxygens (including phenoxy) is 1. The normalized spacial score (nSPS) is 20.4. The van der Waals surface area contributed by atoms with Crippen LogP contribution in [-0.4, -0.2) is 22.3 Å². The Morgan fingerprint density at radius 3 is 3.19 bits per heavy atom. The van der Waals surface area contributed by atoms with Crippen LogP contribution in [-0.2, 0) is 4.74 Å². The molecule has 0 aliphatic carbocycles. The highest BCUT2D eigenvalue weighted by Crippen LogP contribution is 2.28. The Balaban J connectivity index is 2.20. The van der Waals surface area contributed by atoms with Gasteiger partial charge in [0.1, 0.15) is 11.9 Å². The summed E-state index contributed by atoms with van der Waals surface area (Å²) >= 11 is 0. The maximum Gasteiger partial charge on any atom is 0.166 e. The Hall–Kier alpha value is -1.68. The van der Waals surface area contributed by atoms with Crippen molar-refractivity contribution in [2.75, 3.05) is 6.61 Å². The molecule has 0 bridgehead atoms. The highest BCUT2D eigenvalue weighted by Gasteiger charge is 2.22. The second-order valence-electron chi connectivity index (χ2n) is 3.95. The van der Waals surface area contributed by atoms with Gasteiger partial charge in [0.15, 0.2) is 6.29 Å². The summed E-state index contributed by atoms with van der Waals surface area (Å²) in [6.07, 6.45) is 4.70. The smallest absolute Gasteiger partial charge is 0.166 e. The molecule has 2 aromatic rings. The fourth-order valence-corrected chi connectivity index (χ4v) is 2.20. The fraction of sp³-hybridized carbons (Fsp3) is 0.333. The Morgan fingerprint density at radius 1 is 1.50 bits per heavy atom. The maximum atomic E-state index is 11.0. The Labute approximate surface area is 92.9 Å². The van der Waals surface area contributed by atoms with Gasteiger partial charge in [0, 0.05) is 6.61 Å². The zero-order valence-electron chi connectivity index (χ0n) is 8.80. The molecule has 0 radical (unpaired) electrons. The molecule has 1 aliphatic heterocycles. The molecule has 0 aromatic carbocycles. The standard InChI is InChI=1S/C12H12N2O2/c15-8-10-4-1-3-9-7-13-12(14(9)10)11-5-2-6-16-11/h1,3-4,7-8,11H,2,5-6H2. The van der Waals surface area contributed by atoms with Crippen molar-refractivity contribution in [3.05, 3.63) is 35.9 Å². The topological polar surface area (TPSA) is 43.6 Å². The Bertz CT molecular complexity index is 527. The number of carbonyl (C=O) groups excluding carboxylic acids is 1. The van der Waals surface area contributed by atoms with Crippen LogP contribution in [0.5, 0.6) is 0 Å². The zero-order chi connectivity index (χ0) is 11.0. The van der Waals surface area contributed by atoms with Gasteiger partial charge in [-0.15, -0.1) is 0 Å². The van der Waals surface area contributed by atoms with Crippen molar-refractivity contribution < 1.29 is 9.53 Å². The average Bonchev–Trinajstić information content (AvgIpc) is 2.96. The van der Waals surface area contributed by atoms with Gasteiger partial charge in [0.05, 0.1) is 17.4 Å². The van der Waals surface area contributed by atoms with Gasteiger partial charge >= 0.3 is 0 Å². The molecule has 1 aliphatic rings. The second kappa shape index (κ2) is 3.72. The summed E-state index contributed by atoms with van der Waals surface area (Å²) < 4.78 is 7.48. The molecule has 1 fully saturated rings. The van der Waals surface area contributed by atoms with E-state index < -0.39 is 0 Å². The van der Waals surface area contributed by atoms with E-state index in [-0.39, 0.29) is 6.10 Å². The van der Waals surface area contributed by atoms with E-state index in [0.29, 0.717) is 5.69 Å². The van der Waals surface area contributed by atoms with Crippen LogP contribution in [0.25, 0.3) is 5.52 Å². The highest BCUT2D eigenvalue weighted by atomic mass is 16.5.